The van der Waals surface area contributed by atoms with E-state index in [0.29, 0.717) is 5.69 Å². The summed E-state index contributed by atoms with van der Waals surface area (Å²) in [6.45, 7) is 3.59. The van der Waals surface area contributed by atoms with Gasteiger partial charge < -0.3 is 5.32 Å². The lowest BCUT2D eigenvalue weighted by molar-refractivity contribution is -0.122. The van der Waals surface area contributed by atoms with Crippen LogP contribution in [0.25, 0.3) is 0 Å². The van der Waals surface area contributed by atoms with Crippen molar-refractivity contribution in [2.75, 3.05) is 10.6 Å². The second-order valence-electron chi connectivity index (χ2n) is 6.77. The number of amides is 1. The Morgan fingerprint density at radius 2 is 1.67 bits per heavy atom. The van der Waals surface area contributed by atoms with Crippen molar-refractivity contribution < 1.29 is 13.2 Å². The molecule has 134 valence electrons. The summed E-state index contributed by atoms with van der Waals surface area (Å²) in [5.74, 6) is -0.229. The van der Waals surface area contributed by atoms with Gasteiger partial charge in [-0.15, -0.1) is 0 Å². The topological polar surface area (TPSA) is 66.5 Å². The highest BCUT2D eigenvalue weighted by atomic mass is 32.2. The average Bonchev–Trinajstić information content (AvgIpc) is 2.76. The molecule has 1 atom stereocenters. The van der Waals surface area contributed by atoms with E-state index in [2.05, 4.69) is 5.32 Å². The molecule has 0 radical (unpaired) electrons. The van der Waals surface area contributed by atoms with E-state index in [-0.39, 0.29) is 11.9 Å². The van der Waals surface area contributed by atoms with Crippen LogP contribution in [0.1, 0.15) is 51.0 Å². The molecule has 1 N–H and O–H groups in total. The summed E-state index contributed by atoms with van der Waals surface area (Å²) in [6.07, 6.45) is 7.74. The lowest BCUT2D eigenvalue weighted by Crippen LogP contribution is -2.50. The number of nitrogens with one attached hydrogen (secondary N) is 1. The van der Waals surface area contributed by atoms with Crippen molar-refractivity contribution in [1.82, 2.24) is 5.32 Å². The summed E-state index contributed by atoms with van der Waals surface area (Å²) in [5, 5.41) is 3.05. The third-order valence-electron chi connectivity index (χ3n) is 4.58. The van der Waals surface area contributed by atoms with Crippen LogP contribution in [0, 0.1) is 6.92 Å². The number of carbonyl (C=O) groups is 1. The second kappa shape index (κ2) is 8.01. The number of hydrogen-bond acceptors (Lipinski definition) is 3. The predicted molar refractivity (Wildman–Crippen MR) is 97.6 cm³/mol. The van der Waals surface area contributed by atoms with Crippen LogP contribution in [-0.4, -0.2) is 32.7 Å². The second-order valence-corrected chi connectivity index (χ2v) is 8.63. The average molecular weight is 352 g/mol. The minimum atomic E-state index is -3.55. The van der Waals surface area contributed by atoms with Gasteiger partial charge in [-0.2, -0.15) is 0 Å². The van der Waals surface area contributed by atoms with Crippen molar-refractivity contribution in [3.63, 3.8) is 0 Å². The molecular weight excluding hydrogens is 324 g/mol. The highest BCUT2D eigenvalue weighted by molar-refractivity contribution is 7.92. The van der Waals surface area contributed by atoms with Crippen molar-refractivity contribution in [3.05, 3.63) is 29.8 Å². The van der Waals surface area contributed by atoms with E-state index in [1.807, 2.05) is 19.1 Å². The number of nitrogens with zero attached hydrogens (tertiary/aromatic N) is 1. The molecule has 0 heterocycles. The Labute approximate surface area is 145 Å². The molecule has 24 heavy (non-hydrogen) atoms. The lowest BCUT2D eigenvalue weighted by atomic mass is 10.1. The maximum absolute atomic E-state index is 12.6. The van der Waals surface area contributed by atoms with Gasteiger partial charge in [0.25, 0.3) is 0 Å². The molecule has 0 spiro atoms. The summed E-state index contributed by atoms with van der Waals surface area (Å²) in [7, 11) is -3.55. The molecular formula is C18H28N2O3S. The lowest BCUT2D eigenvalue weighted by Gasteiger charge is -2.29. The summed E-state index contributed by atoms with van der Waals surface area (Å²) < 4.78 is 25.7. The zero-order valence-electron chi connectivity index (χ0n) is 14.8. The standard InChI is InChI=1S/C18H28N2O3S/c1-14-10-12-17(13-11-14)20(24(3,22)23)15(2)18(21)19-16-8-6-4-5-7-9-16/h10-13,15-16H,4-9H2,1-3H3,(H,19,21). The molecule has 0 bridgehead atoms. The van der Waals surface area contributed by atoms with Gasteiger partial charge in [0.1, 0.15) is 6.04 Å². The molecule has 1 fully saturated rings. The van der Waals surface area contributed by atoms with Gasteiger partial charge in [-0.1, -0.05) is 43.4 Å². The maximum atomic E-state index is 12.6. The number of benzene rings is 1. The van der Waals surface area contributed by atoms with Crippen molar-refractivity contribution in [3.8, 4) is 0 Å². The molecule has 0 aromatic heterocycles. The van der Waals surface area contributed by atoms with Crippen LogP contribution in [0.2, 0.25) is 0 Å². The third kappa shape index (κ3) is 4.97. The first kappa shape index (κ1) is 18.8. The van der Waals surface area contributed by atoms with Gasteiger partial charge in [-0.05, 0) is 38.8 Å². The van der Waals surface area contributed by atoms with E-state index in [0.717, 1.165) is 37.5 Å². The molecule has 1 aromatic rings. The Hall–Kier alpha value is -1.56. The van der Waals surface area contributed by atoms with Crippen molar-refractivity contribution in [2.24, 2.45) is 0 Å². The van der Waals surface area contributed by atoms with E-state index in [9.17, 15) is 13.2 Å². The maximum Gasteiger partial charge on any atom is 0.243 e. The first-order valence-corrected chi connectivity index (χ1v) is 10.5. The highest BCUT2D eigenvalue weighted by Gasteiger charge is 2.30. The fourth-order valence-corrected chi connectivity index (χ4v) is 4.42. The normalized spacial score (nSPS) is 17.8. The van der Waals surface area contributed by atoms with Gasteiger partial charge in [-0.3, -0.25) is 9.10 Å². The van der Waals surface area contributed by atoms with Crippen LogP contribution >= 0.6 is 0 Å². The molecule has 1 saturated carbocycles. The number of hydrogen-bond donors (Lipinski definition) is 1. The number of anilines is 1. The van der Waals surface area contributed by atoms with Crippen molar-refractivity contribution in [2.45, 2.75) is 64.5 Å². The molecule has 6 heteroatoms. The molecule has 1 aromatic carbocycles. The van der Waals surface area contributed by atoms with Gasteiger partial charge in [0.05, 0.1) is 11.9 Å². The van der Waals surface area contributed by atoms with Crippen LogP contribution in [0.15, 0.2) is 24.3 Å². The molecule has 1 unspecified atom stereocenters. The fourth-order valence-electron chi connectivity index (χ4n) is 3.25. The van der Waals surface area contributed by atoms with Gasteiger partial charge in [-0.25, -0.2) is 8.42 Å². The quantitative estimate of drug-likeness (QED) is 0.829. The van der Waals surface area contributed by atoms with E-state index in [1.54, 1.807) is 19.1 Å². The van der Waals surface area contributed by atoms with Crippen LogP contribution in [0.5, 0.6) is 0 Å². The predicted octanol–water partition coefficient (Wildman–Crippen LogP) is 2.99. The molecule has 0 saturated heterocycles. The minimum absolute atomic E-state index is 0.155. The molecule has 0 aliphatic heterocycles. The third-order valence-corrected chi connectivity index (χ3v) is 5.82. The first-order chi connectivity index (χ1) is 11.3. The number of sulfonamides is 1. The monoisotopic (exact) mass is 352 g/mol. The Balaban J connectivity index is 2.16. The first-order valence-electron chi connectivity index (χ1n) is 8.65. The van der Waals surface area contributed by atoms with Gasteiger partial charge in [0.2, 0.25) is 15.9 Å². The summed E-state index contributed by atoms with van der Waals surface area (Å²) in [6, 6.07) is 6.57. The van der Waals surface area contributed by atoms with Gasteiger partial charge in [0, 0.05) is 6.04 Å². The van der Waals surface area contributed by atoms with Crippen LogP contribution in [0.4, 0.5) is 5.69 Å². The number of rotatable bonds is 5. The Morgan fingerprint density at radius 3 is 2.17 bits per heavy atom. The summed E-state index contributed by atoms with van der Waals surface area (Å²) >= 11 is 0. The van der Waals surface area contributed by atoms with Gasteiger partial charge in [0.15, 0.2) is 0 Å². The SMILES string of the molecule is Cc1ccc(N(C(C)C(=O)NC2CCCCCC2)S(C)(=O)=O)cc1. The van der Waals surface area contributed by atoms with E-state index in [1.165, 1.54) is 17.1 Å². The number of carbonyl (C=O) groups excluding carboxylic acids is 1. The summed E-state index contributed by atoms with van der Waals surface area (Å²) in [4.78, 5) is 12.6. The van der Waals surface area contributed by atoms with Crippen LogP contribution in [-0.2, 0) is 14.8 Å². The van der Waals surface area contributed by atoms with E-state index < -0.39 is 16.1 Å². The number of aryl methyl sites for hydroxylation is 1. The van der Waals surface area contributed by atoms with Crippen molar-refractivity contribution >= 4 is 21.6 Å². The molecule has 5 nitrogen and oxygen atoms in total. The molecule has 2 rings (SSSR count). The van der Waals surface area contributed by atoms with Crippen molar-refractivity contribution in [1.29, 1.82) is 0 Å². The zero-order valence-corrected chi connectivity index (χ0v) is 15.6. The molecule has 1 aliphatic carbocycles. The Kier molecular flexibility index (Phi) is 6.27. The zero-order chi connectivity index (χ0) is 17.7. The highest BCUT2D eigenvalue weighted by Crippen LogP contribution is 2.22. The largest absolute Gasteiger partial charge is 0.352 e. The molecule has 1 aliphatic rings. The van der Waals surface area contributed by atoms with Crippen LogP contribution in [0.3, 0.4) is 0 Å². The fraction of sp³-hybridized carbons (Fsp3) is 0.611. The smallest absolute Gasteiger partial charge is 0.243 e. The Morgan fingerprint density at radius 1 is 1.12 bits per heavy atom. The Bertz CT molecular complexity index is 647. The van der Waals surface area contributed by atoms with E-state index in [4.69, 9.17) is 0 Å². The van der Waals surface area contributed by atoms with Gasteiger partial charge >= 0.3 is 0 Å². The summed E-state index contributed by atoms with van der Waals surface area (Å²) in [5.41, 5.74) is 1.56. The molecule has 1 amide bonds. The minimum Gasteiger partial charge on any atom is -0.352 e. The van der Waals surface area contributed by atoms with E-state index >= 15 is 0 Å². The van der Waals surface area contributed by atoms with Crippen LogP contribution < -0.4 is 9.62 Å².